The van der Waals surface area contributed by atoms with Crippen LogP contribution in [0.3, 0.4) is 0 Å². The average Bonchev–Trinajstić information content (AvgIpc) is 3.48. The number of nitrogens with one attached hydrogen (secondary N) is 1. The number of ether oxygens (including phenoxy) is 1. The van der Waals surface area contributed by atoms with Gasteiger partial charge in [0.05, 0.1) is 17.3 Å². The minimum absolute atomic E-state index is 0.00914. The van der Waals surface area contributed by atoms with Crippen LogP contribution in [0.25, 0.3) is 22.2 Å². The number of benzene rings is 2. The first kappa shape index (κ1) is 32.1. The molecule has 0 radical (unpaired) electrons. The zero-order valence-corrected chi connectivity index (χ0v) is 26.5. The number of nitrogens with two attached hydrogens (primary N) is 1. The molecule has 236 valence electrons. The van der Waals surface area contributed by atoms with Crippen LogP contribution in [-0.4, -0.2) is 57.0 Å². The largest absolute Gasteiger partial charge is 0.381 e. The standard InChI is InChI=1S/C34H39ClN6O4/c1-3-30-28(33(38-25-12-14-45-15-13-25)27-18-37-41(4-2)34(27)39-30)20-40(32(44)11-10-31(36)43)19-22-8-9-29(35)26(17-22)24-7-5-6-23(16-24)21-42/h5-9,16-18,21,25H,3-4,10-15,19-20H2,1-2H3,(H2,36,43)(H,38,39). The van der Waals surface area contributed by atoms with E-state index in [4.69, 9.17) is 27.1 Å². The van der Waals surface area contributed by atoms with Crippen molar-refractivity contribution < 1.29 is 19.1 Å². The minimum Gasteiger partial charge on any atom is -0.381 e. The van der Waals surface area contributed by atoms with Crippen LogP contribution in [-0.2, 0) is 40.4 Å². The van der Waals surface area contributed by atoms with E-state index < -0.39 is 5.91 Å². The summed E-state index contributed by atoms with van der Waals surface area (Å²) in [5, 5.41) is 9.82. The number of anilines is 1. The van der Waals surface area contributed by atoms with Gasteiger partial charge in [0.15, 0.2) is 5.65 Å². The van der Waals surface area contributed by atoms with Gasteiger partial charge in [0.25, 0.3) is 0 Å². The molecule has 2 aromatic heterocycles. The van der Waals surface area contributed by atoms with Crippen molar-refractivity contribution in [1.29, 1.82) is 0 Å². The number of nitrogens with zero attached hydrogens (tertiary/aromatic N) is 4. The number of hydrogen-bond acceptors (Lipinski definition) is 7. The van der Waals surface area contributed by atoms with Crippen LogP contribution in [0.4, 0.5) is 5.69 Å². The van der Waals surface area contributed by atoms with E-state index in [1.165, 1.54) is 0 Å². The molecule has 2 aromatic carbocycles. The zero-order valence-electron chi connectivity index (χ0n) is 25.7. The summed E-state index contributed by atoms with van der Waals surface area (Å²) < 4.78 is 7.49. The predicted octanol–water partition coefficient (Wildman–Crippen LogP) is 5.53. The van der Waals surface area contributed by atoms with Crippen molar-refractivity contribution in [3.8, 4) is 11.1 Å². The fourth-order valence-electron chi connectivity index (χ4n) is 5.78. The quantitative estimate of drug-likeness (QED) is 0.186. The monoisotopic (exact) mass is 630 g/mol. The van der Waals surface area contributed by atoms with Crippen molar-refractivity contribution >= 4 is 46.4 Å². The number of aldehydes is 1. The van der Waals surface area contributed by atoms with Gasteiger partial charge in [-0.3, -0.25) is 14.4 Å². The molecular weight excluding hydrogens is 592 g/mol. The van der Waals surface area contributed by atoms with Gasteiger partial charge >= 0.3 is 0 Å². The summed E-state index contributed by atoms with van der Waals surface area (Å²) in [5.74, 6) is -0.727. The van der Waals surface area contributed by atoms with Crippen LogP contribution in [0.5, 0.6) is 0 Å². The summed E-state index contributed by atoms with van der Waals surface area (Å²) in [5.41, 5.74) is 11.9. The number of fused-ring (bicyclic) bond motifs is 1. The molecule has 1 fully saturated rings. The predicted molar refractivity (Wildman–Crippen MR) is 175 cm³/mol. The Bertz CT molecular complexity index is 1700. The Kier molecular flexibility index (Phi) is 10.5. The Labute approximate surface area is 267 Å². The molecule has 0 bridgehead atoms. The van der Waals surface area contributed by atoms with Gasteiger partial charge in [-0.1, -0.05) is 42.8 Å². The fourth-order valence-corrected chi connectivity index (χ4v) is 6.01. The molecule has 0 unspecified atom stereocenters. The summed E-state index contributed by atoms with van der Waals surface area (Å²) >= 11 is 6.61. The van der Waals surface area contributed by atoms with Gasteiger partial charge in [0.2, 0.25) is 11.8 Å². The van der Waals surface area contributed by atoms with Crippen LogP contribution < -0.4 is 11.1 Å². The lowest BCUT2D eigenvalue weighted by molar-refractivity contribution is -0.134. The fraction of sp³-hybridized carbons (Fsp3) is 0.382. The van der Waals surface area contributed by atoms with E-state index in [2.05, 4.69) is 17.3 Å². The summed E-state index contributed by atoms with van der Waals surface area (Å²) in [6.07, 6.45) is 4.98. The summed E-state index contributed by atoms with van der Waals surface area (Å²) in [6.45, 7) is 6.67. The second-order valence-corrected chi connectivity index (χ2v) is 11.7. The normalized spacial score (nSPS) is 13.6. The lowest BCUT2D eigenvalue weighted by Crippen LogP contribution is -2.33. The Morgan fingerprint density at radius 1 is 1.13 bits per heavy atom. The molecule has 2 amide bonds. The highest BCUT2D eigenvalue weighted by molar-refractivity contribution is 6.33. The third-order valence-corrected chi connectivity index (χ3v) is 8.53. The van der Waals surface area contributed by atoms with Crippen LogP contribution in [0, 0.1) is 0 Å². The number of carbonyl (C=O) groups excluding carboxylic acids is 3. The van der Waals surface area contributed by atoms with Crippen LogP contribution in [0.2, 0.25) is 5.02 Å². The van der Waals surface area contributed by atoms with Gasteiger partial charge in [-0.15, -0.1) is 0 Å². The first-order valence-corrected chi connectivity index (χ1v) is 15.8. The van der Waals surface area contributed by atoms with Crippen molar-refractivity contribution in [3.05, 3.63) is 76.1 Å². The lowest BCUT2D eigenvalue weighted by atomic mass is 10.00. The lowest BCUT2D eigenvalue weighted by Gasteiger charge is -2.29. The topological polar surface area (TPSA) is 132 Å². The number of rotatable bonds is 13. The van der Waals surface area contributed by atoms with Gasteiger partial charge in [-0.25, -0.2) is 9.67 Å². The van der Waals surface area contributed by atoms with E-state index in [-0.39, 0.29) is 37.9 Å². The molecule has 0 spiro atoms. The number of primary amides is 1. The first-order chi connectivity index (χ1) is 21.8. The maximum Gasteiger partial charge on any atom is 0.223 e. The molecule has 11 heteroatoms. The van der Waals surface area contributed by atoms with E-state index >= 15 is 0 Å². The number of hydrogen-bond donors (Lipinski definition) is 2. The molecule has 0 saturated carbocycles. The summed E-state index contributed by atoms with van der Waals surface area (Å²) in [7, 11) is 0. The second-order valence-electron chi connectivity index (χ2n) is 11.3. The SMILES string of the molecule is CCc1nc2c(cnn2CC)c(NC2CCOCC2)c1CN(Cc1ccc(Cl)c(-c2cccc(C=O)c2)c1)C(=O)CCC(N)=O. The number of aromatic nitrogens is 3. The highest BCUT2D eigenvalue weighted by Gasteiger charge is 2.25. The van der Waals surface area contributed by atoms with Crippen molar-refractivity contribution in [1.82, 2.24) is 19.7 Å². The molecule has 5 rings (SSSR count). The van der Waals surface area contributed by atoms with Crippen molar-refractivity contribution in [3.63, 3.8) is 0 Å². The maximum atomic E-state index is 13.8. The van der Waals surface area contributed by atoms with E-state index in [0.29, 0.717) is 36.8 Å². The van der Waals surface area contributed by atoms with E-state index in [1.807, 2.05) is 42.1 Å². The third-order valence-electron chi connectivity index (χ3n) is 8.20. The molecule has 1 aliphatic rings. The van der Waals surface area contributed by atoms with Gasteiger partial charge in [0.1, 0.15) is 6.29 Å². The number of halogens is 1. The Balaban J connectivity index is 1.56. The number of carbonyl (C=O) groups is 3. The van der Waals surface area contributed by atoms with Crippen molar-refractivity contribution in [2.24, 2.45) is 5.73 Å². The molecule has 4 aromatic rings. The van der Waals surface area contributed by atoms with Gasteiger partial charge in [-0.2, -0.15) is 5.10 Å². The number of amides is 2. The van der Waals surface area contributed by atoms with Crippen molar-refractivity contribution in [2.75, 3.05) is 18.5 Å². The van der Waals surface area contributed by atoms with Crippen LogP contribution in [0.1, 0.15) is 66.7 Å². The zero-order chi connectivity index (χ0) is 31.9. The highest BCUT2D eigenvalue weighted by Crippen LogP contribution is 2.34. The van der Waals surface area contributed by atoms with E-state index in [1.54, 1.807) is 23.1 Å². The van der Waals surface area contributed by atoms with E-state index in [9.17, 15) is 14.4 Å². The molecule has 0 atom stereocenters. The van der Waals surface area contributed by atoms with Gasteiger partial charge in [0, 0.05) is 79.1 Å². The molecule has 3 heterocycles. The first-order valence-electron chi connectivity index (χ1n) is 15.4. The molecule has 10 nitrogen and oxygen atoms in total. The summed E-state index contributed by atoms with van der Waals surface area (Å²) in [4.78, 5) is 43.6. The van der Waals surface area contributed by atoms with Crippen molar-refractivity contribution in [2.45, 2.75) is 71.6 Å². The molecule has 1 saturated heterocycles. The van der Waals surface area contributed by atoms with Crippen LogP contribution in [0.15, 0.2) is 48.7 Å². The molecule has 45 heavy (non-hydrogen) atoms. The Morgan fingerprint density at radius 2 is 1.93 bits per heavy atom. The Hall–Kier alpha value is -4.28. The number of aryl methyl sites for hydroxylation is 2. The Morgan fingerprint density at radius 3 is 2.64 bits per heavy atom. The average molecular weight is 631 g/mol. The smallest absolute Gasteiger partial charge is 0.223 e. The van der Waals surface area contributed by atoms with Crippen LogP contribution >= 0.6 is 11.6 Å². The second kappa shape index (κ2) is 14.7. The maximum absolute atomic E-state index is 13.8. The highest BCUT2D eigenvalue weighted by atomic mass is 35.5. The molecule has 1 aliphatic heterocycles. The molecular formula is C34H39ClN6O4. The molecule has 3 N–H and O–H groups in total. The summed E-state index contributed by atoms with van der Waals surface area (Å²) in [6, 6.07) is 13.1. The van der Waals surface area contributed by atoms with Gasteiger partial charge < -0.3 is 20.7 Å². The van der Waals surface area contributed by atoms with E-state index in [0.717, 1.165) is 63.8 Å². The third kappa shape index (κ3) is 7.51. The minimum atomic E-state index is -0.529. The number of pyridine rings is 1. The van der Waals surface area contributed by atoms with Gasteiger partial charge in [-0.05, 0) is 55.5 Å². The molecule has 0 aliphatic carbocycles.